The van der Waals surface area contributed by atoms with Crippen LogP contribution in [0.3, 0.4) is 0 Å². The highest BCUT2D eigenvalue weighted by Crippen LogP contribution is 2.32. The number of hydrogen-bond acceptors (Lipinski definition) is 5. The summed E-state index contributed by atoms with van der Waals surface area (Å²) in [5.41, 5.74) is 7.35. The van der Waals surface area contributed by atoms with Crippen molar-refractivity contribution in [1.29, 1.82) is 0 Å². The Balaban J connectivity index is 1.75. The third kappa shape index (κ3) is 4.03. The zero-order chi connectivity index (χ0) is 18.0. The quantitative estimate of drug-likeness (QED) is 0.852. The van der Waals surface area contributed by atoms with Crippen LogP contribution in [0.2, 0.25) is 5.02 Å². The molecule has 1 aliphatic rings. The number of halogens is 1. The van der Waals surface area contributed by atoms with Gasteiger partial charge in [-0.15, -0.1) is 11.3 Å². The minimum Gasteiger partial charge on any atom is -0.381 e. The largest absolute Gasteiger partial charge is 0.381 e. The van der Waals surface area contributed by atoms with Gasteiger partial charge in [0, 0.05) is 23.8 Å². The lowest BCUT2D eigenvalue weighted by Crippen LogP contribution is -2.57. The van der Waals surface area contributed by atoms with E-state index < -0.39 is 5.54 Å². The number of amides is 1. The number of nitrogens with two attached hydrogens (primary N) is 1. The van der Waals surface area contributed by atoms with Gasteiger partial charge >= 0.3 is 0 Å². The summed E-state index contributed by atoms with van der Waals surface area (Å²) >= 11 is 7.52. The molecule has 134 valence electrons. The van der Waals surface area contributed by atoms with Crippen LogP contribution in [0.25, 0.3) is 10.6 Å². The van der Waals surface area contributed by atoms with Gasteiger partial charge in [-0.2, -0.15) is 0 Å². The van der Waals surface area contributed by atoms with Gasteiger partial charge in [0.25, 0.3) is 0 Å². The van der Waals surface area contributed by atoms with Gasteiger partial charge in [-0.1, -0.05) is 23.7 Å². The van der Waals surface area contributed by atoms with Crippen molar-refractivity contribution < 1.29 is 9.53 Å². The Morgan fingerprint density at radius 3 is 2.64 bits per heavy atom. The molecule has 0 aliphatic carbocycles. The molecule has 5 nitrogen and oxygen atoms in total. The van der Waals surface area contributed by atoms with Gasteiger partial charge in [-0.05, 0) is 38.8 Å². The molecule has 0 saturated carbocycles. The van der Waals surface area contributed by atoms with Crippen molar-refractivity contribution in [2.45, 2.75) is 38.3 Å². The van der Waals surface area contributed by atoms with Gasteiger partial charge in [0.2, 0.25) is 5.91 Å². The van der Waals surface area contributed by atoms with Crippen molar-refractivity contribution in [1.82, 2.24) is 10.3 Å². The first-order chi connectivity index (χ1) is 11.9. The molecule has 1 aromatic carbocycles. The Kier molecular flexibility index (Phi) is 5.43. The van der Waals surface area contributed by atoms with Crippen molar-refractivity contribution in [2.24, 2.45) is 5.73 Å². The lowest BCUT2D eigenvalue weighted by molar-refractivity contribution is -0.130. The molecule has 25 heavy (non-hydrogen) atoms. The van der Waals surface area contributed by atoms with E-state index in [0.29, 0.717) is 31.1 Å². The molecule has 2 aromatic rings. The number of aryl methyl sites for hydroxylation is 1. The number of rotatable bonds is 4. The average Bonchev–Trinajstić information content (AvgIpc) is 2.98. The van der Waals surface area contributed by atoms with Crippen LogP contribution in [0, 0.1) is 6.92 Å². The Labute approximate surface area is 156 Å². The van der Waals surface area contributed by atoms with E-state index in [1.165, 1.54) is 0 Å². The Morgan fingerprint density at radius 2 is 2.00 bits per heavy atom. The topological polar surface area (TPSA) is 77.2 Å². The molecule has 0 radical (unpaired) electrons. The van der Waals surface area contributed by atoms with Crippen LogP contribution in [-0.2, 0) is 9.53 Å². The van der Waals surface area contributed by atoms with Gasteiger partial charge in [0.1, 0.15) is 5.01 Å². The van der Waals surface area contributed by atoms with Crippen LogP contribution in [0.1, 0.15) is 36.4 Å². The predicted molar refractivity (Wildman–Crippen MR) is 101 cm³/mol. The monoisotopic (exact) mass is 379 g/mol. The van der Waals surface area contributed by atoms with Crippen LogP contribution in [0.4, 0.5) is 0 Å². The van der Waals surface area contributed by atoms with Gasteiger partial charge in [-0.25, -0.2) is 4.98 Å². The van der Waals surface area contributed by atoms with Gasteiger partial charge in [0.05, 0.1) is 22.2 Å². The number of nitrogens with zero attached hydrogens (tertiary/aromatic N) is 1. The molecule has 2 heterocycles. The summed E-state index contributed by atoms with van der Waals surface area (Å²) in [4.78, 5) is 18.3. The number of ether oxygens (including phenoxy) is 1. The molecule has 1 aromatic heterocycles. The summed E-state index contributed by atoms with van der Waals surface area (Å²) in [6.45, 7) is 4.98. The van der Waals surface area contributed by atoms with Crippen molar-refractivity contribution >= 4 is 28.8 Å². The van der Waals surface area contributed by atoms with E-state index in [-0.39, 0.29) is 11.9 Å². The van der Waals surface area contributed by atoms with Crippen LogP contribution >= 0.6 is 22.9 Å². The maximum absolute atomic E-state index is 12.6. The maximum Gasteiger partial charge on any atom is 0.240 e. The number of carbonyl (C=O) groups is 1. The summed E-state index contributed by atoms with van der Waals surface area (Å²) in [5.74, 6) is -0.121. The Hall–Kier alpha value is -1.47. The molecule has 0 bridgehead atoms. The molecule has 1 atom stereocenters. The summed E-state index contributed by atoms with van der Waals surface area (Å²) in [6.07, 6.45) is 1.09. The average molecular weight is 380 g/mol. The zero-order valence-corrected chi connectivity index (χ0v) is 15.9. The third-order valence-corrected chi connectivity index (χ3v) is 6.14. The smallest absolute Gasteiger partial charge is 0.240 e. The predicted octanol–water partition coefficient (Wildman–Crippen LogP) is 3.46. The second-order valence-corrected chi connectivity index (χ2v) is 7.91. The Morgan fingerprint density at radius 1 is 1.36 bits per heavy atom. The number of hydrogen-bond donors (Lipinski definition) is 2. The molecule has 0 spiro atoms. The minimum absolute atomic E-state index is 0.121. The fourth-order valence-electron chi connectivity index (χ4n) is 2.89. The van der Waals surface area contributed by atoms with Crippen LogP contribution in [-0.4, -0.2) is 29.6 Å². The maximum atomic E-state index is 12.6. The number of nitrogens with one attached hydrogen (secondary N) is 1. The van der Waals surface area contributed by atoms with Crippen molar-refractivity contribution in [3.63, 3.8) is 0 Å². The molecule has 1 amide bonds. The molecule has 1 unspecified atom stereocenters. The van der Waals surface area contributed by atoms with E-state index >= 15 is 0 Å². The van der Waals surface area contributed by atoms with E-state index in [1.54, 1.807) is 11.3 Å². The van der Waals surface area contributed by atoms with Crippen LogP contribution < -0.4 is 11.1 Å². The number of thiazole rings is 1. The number of aromatic nitrogens is 1. The highest BCUT2D eigenvalue weighted by atomic mass is 35.5. The molecule has 3 N–H and O–H groups in total. The van der Waals surface area contributed by atoms with Gasteiger partial charge in [0.15, 0.2) is 0 Å². The summed E-state index contributed by atoms with van der Waals surface area (Å²) in [7, 11) is 0. The first-order valence-electron chi connectivity index (χ1n) is 8.30. The molecular weight excluding hydrogens is 358 g/mol. The van der Waals surface area contributed by atoms with E-state index in [0.717, 1.165) is 21.1 Å². The molecule has 3 rings (SSSR count). The highest BCUT2D eigenvalue weighted by Gasteiger charge is 2.36. The minimum atomic E-state index is -0.843. The lowest BCUT2D eigenvalue weighted by Gasteiger charge is -2.32. The van der Waals surface area contributed by atoms with E-state index in [1.807, 2.05) is 38.1 Å². The summed E-state index contributed by atoms with van der Waals surface area (Å²) in [5, 5.41) is 4.66. The van der Waals surface area contributed by atoms with Crippen molar-refractivity contribution in [2.75, 3.05) is 13.2 Å². The van der Waals surface area contributed by atoms with Crippen LogP contribution in [0.5, 0.6) is 0 Å². The lowest BCUT2D eigenvalue weighted by atomic mass is 9.90. The van der Waals surface area contributed by atoms with Crippen molar-refractivity contribution in [3.05, 3.63) is 39.9 Å². The number of benzene rings is 1. The molecule has 1 aliphatic heterocycles. The first-order valence-corrected chi connectivity index (χ1v) is 9.49. The fourth-order valence-corrected chi connectivity index (χ4v) is 4.09. The van der Waals surface area contributed by atoms with E-state index in [2.05, 4.69) is 10.3 Å². The zero-order valence-electron chi connectivity index (χ0n) is 14.3. The second-order valence-electron chi connectivity index (χ2n) is 6.44. The fraction of sp³-hybridized carbons (Fsp3) is 0.444. The van der Waals surface area contributed by atoms with Crippen molar-refractivity contribution in [3.8, 4) is 10.6 Å². The highest BCUT2D eigenvalue weighted by molar-refractivity contribution is 7.15. The summed E-state index contributed by atoms with van der Waals surface area (Å²) < 4.78 is 5.31. The third-order valence-electron chi connectivity index (χ3n) is 4.50. The molecule has 1 fully saturated rings. The normalized spacial score (nSPS) is 17.9. The Bertz CT molecular complexity index is 754. The SMILES string of the molecule is Cc1nc(-c2ccc(Cl)cc2)sc1C(C)NC(=O)C1(N)CCOCC1. The van der Waals surface area contributed by atoms with E-state index in [9.17, 15) is 4.79 Å². The second kappa shape index (κ2) is 7.41. The van der Waals surface area contributed by atoms with Crippen LogP contribution in [0.15, 0.2) is 24.3 Å². The first kappa shape index (κ1) is 18.3. The summed E-state index contributed by atoms with van der Waals surface area (Å²) in [6, 6.07) is 7.45. The molecule has 7 heteroatoms. The standard InChI is InChI=1S/C18H22ClN3O2S/c1-11-15(25-16(21-11)13-3-5-14(19)6-4-13)12(2)22-17(23)18(20)7-9-24-10-8-18/h3-6,12H,7-10,20H2,1-2H3,(H,22,23). The van der Waals surface area contributed by atoms with Gasteiger partial charge in [-0.3, -0.25) is 4.79 Å². The van der Waals surface area contributed by atoms with Gasteiger partial charge < -0.3 is 15.8 Å². The van der Waals surface area contributed by atoms with E-state index in [4.69, 9.17) is 22.1 Å². The number of carbonyl (C=O) groups excluding carboxylic acids is 1. The molecular formula is C18H22ClN3O2S. The molecule has 1 saturated heterocycles.